The van der Waals surface area contributed by atoms with Gasteiger partial charge in [0.25, 0.3) is 0 Å². The molecule has 1 saturated carbocycles. The van der Waals surface area contributed by atoms with Crippen molar-refractivity contribution in [2.45, 2.75) is 31.7 Å². The van der Waals surface area contributed by atoms with Crippen molar-refractivity contribution in [1.82, 2.24) is 0 Å². The Balaban J connectivity index is 1.95. The minimum Gasteiger partial charge on any atom is -0.325 e. The Labute approximate surface area is 109 Å². The van der Waals surface area contributed by atoms with Crippen LogP contribution in [0.25, 0.3) is 0 Å². The molecule has 1 aliphatic heterocycles. The Morgan fingerprint density at radius 3 is 2.82 bits per heavy atom. The van der Waals surface area contributed by atoms with E-state index in [1.54, 1.807) is 0 Å². The van der Waals surface area contributed by atoms with Crippen LogP contribution in [-0.4, -0.2) is 5.91 Å². The van der Waals surface area contributed by atoms with Gasteiger partial charge in [-0.2, -0.15) is 0 Å². The number of hydrogen-bond acceptors (Lipinski definition) is 2. The molecule has 0 spiro atoms. The first kappa shape index (κ1) is 11.2. The number of fused-ring (bicyclic) bond motifs is 1. The van der Waals surface area contributed by atoms with Crippen LogP contribution in [0.4, 0.5) is 5.69 Å². The van der Waals surface area contributed by atoms with Gasteiger partial charge >= 0.3 is 0 Å². The van der Waals surface area contributed by atoms with Crippen LogP contribution >= 0.6 is 15.9 Å². The van der Waals surface area contributed by atoms with Gasteiger partial charge in [0.05, 0.1) is 6.42 Å². The fourth-order valence-electron chi connectivity index (χ4n) is 2.58. The number of hydrogen-bond donors (Lipinski definition) is 2. The Morgan fingerprint density at radius 1 is 1.41 bits per heavy atom. The SMILES string of the molecule is NC(c1cc2c(cc1Br)NC(=O)C2)C1CCC1. The number of anilines is 1. The Morgan fingerprint density at radius 2 is 2.18 bits per heavy atom. The van der Waals surface area contributed by atoms with Gasteiger partial charge < -0.3 is 11.1 Å². The molecule has 1 unspecified atom stereocenters. The number of nitrogens with one attached hydrogen (secondary N) is 1. The van der Waals surface area contributed by atoms with Crippen molar-refractivity contribution in [3.8, 4) is 0 Å². The summed E-state index contributed by atoms with van der Waals surface area (Å²) in [4.78, 5) is 11.3. The predicted molar refractivity (Wildman–Crippen MR) is 70.7 cm³/mol. The molecule has 17 heavy (non-hydrogen) atoms. The summed E-state index contributed by atoms with van der Waals surface area (Å²) in [6.07, 6.45) is 4.22. The third kappa shape index (κ3) is 1.89. The minimum atomic E-state index is 0.0706. The van der Waals surface area contributed by atoms with Gasteiger partial charge in [-0.25, -0.2) is 0 Å². The van der Waals surface area contributed by atoms with Crippen LogP contribution in [0.2, 0.25) is 0 Å². The van der Waals surface area contributed by atoms with Gasteiger partial charge in [0.15, 0.2) is 0 Å². The van der Waals surface area contributed by atoms with Crippen molar-refractivity contribution < 1.29 is 4.79 Å². The van der Waals surface area contributed by atoms with Crippen molar-refractivity contribution in [3.05, 3.63) is 27.7 Å². The highest BCUT2D eigenvalue weighted by Crippen LogP contribution is 2.40. The molecule has 0 radical (unpaired) electrons. The lowest BCUT2D eigenvalue weighted by Gasteiger charge is -2.32. The van der Waals surface area contributed by atoms with Crippen molar-refractivity contribution >= 4 is 27.5 Å². The van der Waals surface area contributed by atoms with Crippen molar-refractivity contribution in [2.75, 3.05) is 5.32 Å². The number of carbonyl (C=O) groups is 1. The molecule has 1 fully saturated rings. The van der Waals surface area contributed by atoms with Gasteiger partial charge in [0.1, 0.15) is 0 Å². The molecule has 3 nitrogen and oxygen atoms in total. The van der Waals surface area contributed by atoms with Crippen LogP contribution in [0, 0.1) is 5.92 Å². The maximum Gasteiger partial charge on any atom is 0.228 e. The van der Waals surface area contributed by atoms with Gasteiger partial charge in [-0.1, -0.05) is 28.4 Å². The number of amides is 1. The zero-order valence-corrected chi connectivity index (χ0v) is 11.1. The van der Waals surface area contributed by atoms with Crippen LogP contribution in [0.5, 0.6) is 0 Å². The van der Waals surface area contributed by atoms with Crippen LogP contribution < -0.4 is 11.1 Å². The van der Waals surface area contributed by atoms with Gasteiger partial charge in [-0.15, -0.1) is 0 Å². The summed E-state index contributed by atoms with van der Waals surface area (Å²) in [6.45, 7) is 0. The average Bonchev–Trinajstić information content (AvgIpc) is 2.53. The fraction of sp³-hybridized carbons (Fsp3) is 0.462. The number of rotatable bonds is 2. The van der Waals surface area contributed by atoms with E-state index in [1.165, 1.54) is 19.3 Å². The number of nitrogens with two attached hydrogens (primary N) is 1. The molecule has 1 atom stereocenters. The third-order valence-electron chi connectivity index (χ3n) is 3.86. The summed E-state index contributed by atoms with van der Waals surface area (Å²) < 4.78 is 1.01. The molecular formula is C13H15BrN2O. The third-order valence-corrected chi connectivity index (χ3v) is 4.55. The summed E-state index contributed by atoms with van der Waals surface area (Å²) in [6, 6.07) is 4.16. The summed E-state index contributed by atoms with van der Waals surface area (Å²) in [5, 5.41) is 2.85. The van der Waals surface area contributed by atoms with E-state index < -0.39 is 0 Å². The normalized spacial score (nSPS) is 20.7. The molecule has 1 amide bonds. The first-order chi connectivity index (χ1) is 8.15. The van der Waals surface area contributed by atoms with E-state index in [-0.39, 0.29) is 11.9 Å². The highest BCUT2D eigenvalue weighted by atomic mass is 79.9. The largest absolute Gasteiger partial charge is 0.325 e. The van der Waals surface area contributed by atoms with Gasteiger partial charge in [-0.3, -0.25) is 4.79 Å². The molecule has 90 valence electrons. The zero-order chi connectivity index (χ0) is 12.0. The fourth-order valence-corrected chi connectivity index (χ4v) is 3.18. The Kier molecular flexibility index (Phi) is 2.71. The topological polar surface area (TPSA) is 55.1 Å². The molecule has 1 aromatic rings. The van der Waals surface area contributed by atoms with Crippen LogP contribution in [0.1, 0.15) is 36.4 Å². The van der Waals surface area contributed by atoms with Crippen LogP contribution in [0.3, 0.4) is 0 Å². The predicted octanol–water partition coefficient (Wildman–Crippen LogP) is 2.74. The second-order valence-corrected chi connectivity index (χ2v) is 5.83. The first-order valence-corrected chi connectivity index (χ1v) is 6.82. The molecule has 3 N–H and O–H groups in total. The average molecular weight is 295 g/mol. The highest BCUT2D eigenvalue weighted by Gasteiger charge is 2.28. The van der Waals surface area contributed by atoms with Gasteiger partial charge in [0, 0.05) is 16.2 Å². The van der Waals surface area contributed by atoms with E-state index in [9.17, 15) is 4.79 Å². The smallest absolute Gasteiger partial charge is 0.228 e. The Hall–Kier alpha value is -0.870. The molecule has 1 aliphatic carbocycles. The monoisotopic (exact) mass is 294 g/mol. The summed E-state index contributed by atoms with van der Waals surface area (Å²) in [5.41, 5.74) is 9.43. The molecule has 1 heterocycles. The molecule has 0 saturated heterocycles. The summed E-state index contributed by atoms with van der Waals surface area (Å²) >= 11 is 3.56. The second kappa shape index (κ2) is 4.10. The van der Waals surface area contributed by atoms with Crippen LogP contribution in [0.15, 0.2) is 16.6 Å². The van der Waals surface area contributed by atoms with Crippen molar-refractivity contribution in [3.63, 3.8) is 0 Å². The zero-order valence-electron chi connectivity index (χ0n) is 9.50. The number of benzene rings is 1. The van der Waals surface area contributed by atoms with Crippen LogP contribution in [-0.2, 0) is 11.2 Å². The van der Waals surface area contributed by atoms with E-state index in [4.69, 9.17) is 5.73 Å². The molecule has 0 bridgehead atoms. The van der Waals surface area contributed by atoms with Gasteiger partial charge in [-0.05, 0) is 36.0 Å². The lowest BCUT2D eigenvalue weighted by Crippen LogP contribution is -2.27. The first-order valence-electron chi connectivity index (χ1n) is 6.03. The standard InChI is InChI=1S/C13H15BrN2O/c14-10-6-11-8(5-12(17)16-11)4-9(10)13(15)7-2-1-3-7/h4,6-7,13H,1-3,5,15H2,(H,16,17). The lowest BCUT2D eigenvalue weighted by molar-refractivity contribution is -0.115. The van der Waals surface area contributed by atoms with E-state index in [2.05, 4.69) is 27.3 Å². The van der Waals surface area contributed by atoms with Crippen molar-refractivity contribution in [2.24, 2.45) is 11.7 Å². The molecule has 0 aromatic heterocycles. The van der Waals surface area contributed by atoms with E-state index in [0.717, 1.165) is 21.3 Å². The molecule has 1 aromatic carbocycles. The van der Waals surface area contributed by atoms with E-state index in [0.29, 0.717) is 12.3 Å². The molecule has 2 aliphatic rings. The summed E-state index contributed by atoms with van der Waals surface area (Å²) in [7, 11) is 0. The van der Waals surface area contributed by atoms with E-state index in [1.807, 2.05) is 6.07 Å². The molecule has 4 heteroatoms. The molecule has 3 rings (SSSR count). The van der Waals surface area contributed by atoms with E-state index >= 15 is 0 Å². The number of carbonyl (C=O) groups excluding carboxylic acids is 1. The maximum atomic E-state index is 11.3. The summed E-state index contributed by atoms with van der Waals surface area (Å²) in [5.74, 6) is 0.677. The van der Waals surface area contributed by atoms with Gasteiger partial charge in [0.2, 0.25) is 5.91 Å². The minimum absolute atomic E-state index is 0.0706. The molecular weight excluding hydrogens is 280 g/mol. The maximum absolute atomic E-state index is 11.3. The number of halogens is 1. The quantitative estimate of drug-likeness (QED) is 0.881. The second-order valence-electron chi connectivity index (χ2n) is 4.97. The van der Waals surface area contributed by atoms with Crippen molar-refractivity contribution in [1.29, 1.82) is 0 Å². The highest BCUT2D eigenvalue weighted by molar-refractivity contribution is 9.10. The lowest BCUT2D eigenvalue weighted by atomic mass is 9.77. The Bertz CT molecular complexity index is 483.